The number of rotatable bonds is 18. The van der Waals surface area contributed by atoms with Gasteiger partial charge in [0, 0.05) is 77.8 Å². The maximum Gasteiger partial charge on any atom is 0.327 e. The van der Waals surface area contributed by atoms with E-state index >= 15 is 4.79 Å². The van der Waals surface area contributed by atoms with Gasteiger partial charge < -0.3 is 94.6 Å². The highest BCUT2D eigenvalue weighted by molar-refractivity contribution is 8.77. The van der Waals surface area contributed by atoms with Crippen LogP contribution in [0, 0.1) is 11.8 Å². The number of aromatic amines is 2. The number of carbonyl (C=O) groups excluding carboxylic acids is 13. The molecule has 7 rings (SSSR count). The van der Waals surface area contributed by atoms with Gasteiger partial charge in [0.15, 0.2) is 0 Å². The average molecular weight is 1430 g/mol. The molecule has 1 aromatic carbocycles. The van der Waals surface area contributed by atoms with E-state index in [0.29, 0.717) is 35.0 Å². The lowest BCUT2D eigenvalue weighted by Crippen LogP contribution is -2.61. The monoisotopic (exact) mass is 1430 g/mol. The molecule has 12 atom stereocenters. The summed E-state index contributed by atoms with van der Waals surface area (Å²) in [6.07, 6.45) is 3.37. The Morgan fingerprint density at radius 2 is 1.36 bits per heavy atom. The van der Waals surface area contributed by atoms with Crippen molar-refractivity contribution in [3.63, 3.8) is 0 Å². The molecule has 6 heterocycles. The van der Waals surface area contributed by atoms with Crippen LogP contribution in [0.4, 0.5) is 0 Å². The Labute approximate surface area is 574 Å². The van der Waals surface area contributed by atoms with Gasteiger partial charge in [-0.1, -0.05) is 89.1 Å². The zero-order chi connectivity index (χ0) is 70.5. The fraction of sp³-hybridized carbons (Fsp3) is 0.583. The number of aliphatic hydroxyl groups is 1. The van der Waals surface area contributed by atoms with E-state index in [0.717, 1.165) is 48.1 Å². The highest BCUT2D eigenvalue weighted by Gasteiger charge is 2.45. The number of carboxylic acid groups (broad SMARTS) is 1. The molecule has 3 aromatic rings. The number of H-pyrrole nitrogens is 2. The van der Waals surface area contributed by atoms with Crippen molar-refractivity contribution in [2.24, 2.45) is 17.6 Å². The number of hydrogen-bond acceptors (Lipinski definition) is 21. The third kappa shape index (κ3) is 22.5. The minimum absolute atomic E-state index is 0.00819. The van der Waals surface area contributed by atoms with Gasteiger partial charge in [0.1, 0.15) is 66.5 Å². The van der Waals surface area contributed by atoms with E-state index in [2.05, 4.69) is 78.8 Å². The summed E-state index contributed by atoms with van der Waals surface area (Å²) in [5, 5.41) is 53.7. The van der Waals surface area contributed by atoms with Gasteiger partial charge in [-0.25, -0.2) is 9.78 Å². The van der Waals surface area contributed by atoms with E-state index in [1.54, 1.807) is 52.1 Å². The zero-order valence-electron chi connectivity index (χ0n) is 53.9. The molecule has 37 heteroatoms. The Bertz CT molecular complexity index is 3340. The Kier molecular flexibility index (Phi) is 29.1. The summed E-state index contributed by atoms with van der Waals surface area (Å²) in [6.45, 7) is 5.34. The molecule has 0 aliphatic carbocycles. The molecular formula is C60H85N17O16S4. The summed E-state index contributed by atoms with van der Waals surface area (Å²) in [5.41, 5.74) is 7.50. The first-order chi connectivity index (χ1) is 46.3. The van der Waals surface area contributed by atoms with Crippen LogP contribution in [0.25, 0.3) is 10.9 Å². The number of fused-ring (bicyclic) bond motifs is 7. The van der Waals surface area contributed by atoms with Crippen molar-refractivity contribution in [2.45, 2.75) is 158 Å². The normalized spacial score (nSPS) is 26.2. The molecule has 0 radical (unpaired) electrons. The van der Waals surface area contributed by atoms with Crippen LogP contribution >= 0.6 is 43.2 Å². The molecule has 4 saturated heterocycles. The van der Waals surface area contributed by atoms with Crippen molar-refractivity contribution < 1.29 is 77.3 Å². The molecule has 0 saturated carbocycles. The number of aliphatic hydroxyl groups excluding tert-OH is 1. The molecule has 33 nitrogen and oxygen atoms in total. The summed E-state index contributed by atoms with van der Waals surface area (Å²) >= 11 is 0. The summed E-state index contributed by atoms with van der Waals surface area (Å²) in [6, 6.07) is -8.91. The molecular weight excluding hydrogens is 1340 g/mol. The topological polar surface area (TPSA) is 498 Å². The number of nitrogens with one attached hydrogen (secondary N) is 14. The molecule has 4 aliphatic heterocycles. The lowest BCUT2D eigenvalue weighted by molar-refractivity contribution is -0.146. The SMILES string of the molecule is CC(C)C[C@@H]1NC(=O)[C@H](CCCCN)NC(=O)[C@H](Cc2c[nH]c3ccccc23)NC(=O)CNC(=O)[C@@H]2CSSC[C@H](NC1=O)C(=O)N[C@@H](Cc1cnc[nH]1)C(=O)N1CC[C@H](O)[C@H]1C(=O)N[C@H](C(=O)O)CSSC[C@H](NC(=O)[C@@H](NC(=O)CNC(=O)[C@@H]1CCC(=O)N1)C(C)C)C(=O)N2. The Morgan fingerprint density at radius 1 is 0.691 bits per heavy atom. The number of para-hydroxylation sites is 1. The Balaban J connectivity index is 1.27. The van der Waals surface area contributed by atoms with Crippen LogP contribution in [0.1, 0.15) is 83.9 Å². The van der Waals surface area contributed by atoms with Crippen molar-refractivity contribution in [1.82, 2.24) is 83.7 Å². The number of amides is 13. The quantitative estimate of drug-likeness (QED) is 0.0429. The second-order valence-electron chi connectivity index (χ2n) is 24.5. The van der Waals surface area contributed by atoms with Crippen LogP contribution in [0.5, 0.6) is 0 Å². The number of nitrogens with two attached hydrogens (primary N) is 1. The van der Waals surface area contributed by atoms with Gasteiger partial charge in [0.05, 0.1) is 25.5 Å². The highest BCUT2D eigenvalue weighted by Crippen LogP contribution is 2.28. The van der Waals surface area contributed by atoms with E-state index in [1.165, 1.54) is 12.5 Å². The molecule has 0 spiro atoms. The lowest BCUT2D eigenvalue weighted by Gasteiger charge is -2.31. The fourth-order valence-corrected chi connectivity index (χ4v) is 15.7. The molecule has 2 aromatic heterocycles. The number of hydrogen-bond donors (Lipinski definition) is 17. The van der Waals surface area contributed by atoms with Crippen LogP contribution < -0.4 is 69.5 Å². The van der Waals surface area contributed by atoms with Crippen LogP contribution in [0.2, 0.25) is 0 Å². The van der Waals surface area contributed by atoms with Crippen LogP contribution in [-0.2, 0) is 80.0 Å². The number of aromatic nitrogens is 3. The fourth-order valence-electron chi connectivity index (χ4n) is 11.0. The predicted octanol–water partition coefficient (Wildman–Crippen LogP) is -3.78. The summed E-state index contributed by atoms with van der Waals surface area (Å²) in [5.74, 6) is -15.0. The number of carboxylic acids is 1. The second-order valence-corrected chi connectivity index (χ2v) is 29.6. The largest absolute Gasteiger partial charge is 0.480 e. The second kappa shape index (κ2) is 37.0. The van der Waals surface area contributed by atoms with E-state index in [1.807, 2.05) is 6.07 Å². The predicted molar refractivity (Wildman–Crippen MR) is 360 cm³/mol. The summed E-state index contributed by atoms with van der Waals surface area (Å²) in [4.78, 5) is 208. The van der Waals surface area contributed by atoms with Crippen LogP contribution in [-0.4, -0.2) is 235 Å². The smallest absolute Gasteiger partial charge is 0.327 e. The Hall–Kier alpha value is -8.13. The van der Waals surface area contributed by atoms with Gasteiger partial charge in [-0.2, -0.15) is 0 Å². The van der Waals surface area contributed by atoms with E-state index in [-0.39, 0.29) is 87.1 Å². The van der Waals surface area contributed by atoms with Gasteiger partial charge in [-0.15, -0.1) is 0 Å². The molecule has 97 heavy (non-hydrogen) atoms. The van der Waals surface area contributed by atoms with E-state index in [9.17, 15) is 72.5 Å². The van der Waals surface area contributed by atoms with E-state index in [4.69, 9.17) is 5.73 Å². The van der Waals surface area contributed by atoms with Gasteiger partial charge in [-0.05, 0) is 68.5 Å². The van der Waals surface area contributed by atoms with Gasteiger partial charge in [0.25, 0.3) is 0 Å². The number of nitrogens with zero attached hydrogens (tertiary/aromatic N) is 2. The maximum absolute atomic E-state index is 15.0. The number of benzene rings is 1. The Morgan fingerprint density at radius 3 is 2.04 bits per heavy atom. The number of unbranched alkanes of at least 4 members (excludes halogenated alkanes) is 1. The molecule has 4 fully saturated rings. The molecule has 2 bridgehead atoms. The first kappa shape index (κ1) is 76.2. The lowest BCUT2D eigenvalue weighted by atomic mass is 10.0. The molecule has 13 amide bonds. The van der Waals surface area contributed by atoms with Gasteiger partial charge in [0.2, 0.25) is 76.8 Å². The maximum atomic E-state index is 15.0. The molecule has 4 aliphatic rings. The third-order valence-corrected chi connectivity index (χ3v) is 21.1. The standard InChI is InChI=1S/C60H85N17O16S4/c1-29(2)17-37-53(85)73-41-25-95-94-24-40(51(83)65-22-46(80)68-38(18-31-20-63-34-10-6-5-9-33(31)34)54(86)69-35(52(84)70-37)11-7-8-15-61)72-56(88)42(74-57(89)48(30(3)4)76-47(81)23-64-50(82)36-12-13-45(79)67-36)26-96-97-27-43(60(92)93)75-58(90)49-44(78)14-16-77(49)59(91)39(71-55(41)87)19-32-21-62-28-66-32/h5-6,9-10,20-21,28-30,35-44,48-49,63,78H,7-8,11-19,22-27,61H2,1-4H3,(H,62,66)(H,64,82)(H,65,83)(H,67,79)(H,68,80)(H,69,86)(H,70,84)(H,71,87)(H,72,88)(H,73,85)(H,74,89)(H,75,90)(H,76,81)(H,92,93)/t35-,36-,37-,38-,39-,40-,41-,42-,43-,44-,48-,49-/m0/s1. The number of aliphatic carboxylic acids is 1. The van der Waals surface area contributed by atoms with Crippen LogP contribution in [0.3, 0.4) is 0 Å². The molecule has 18 N–H and O–H groups in total. The minimum Gasteiger partial charge on any atom is -0.480 e. The summed E-state index contributed by atoms with van der Waals surface area (Å²) < 4.78 is 0. The van der Waals surface area contributed by atoms with Gasteiger partial charge in [-0.3, -0.25) is 62.3 Å². The molecule has 530 valence electrons. The summed E-state index contributed by atoms with van der Waals surface area (Å²) in [7, 11) is 3.53. The van der Waals surface area contributed by atoms with Crippen molar-refractivity contribution in [2.75, 3.05) is 49.2 Å². The van der Waals surface area contributed by atoms with Crippen molar-refractivity contribution in [3.05, 3.63) is 54.2 Å². The van der Waals surface area contributed by atoms with Crippen LogP contribution in [0.15, 0.2) is 43.0 Å². The zero-order valence-corrected chi connectivity index (χ0v) is 57.1. The average Bonchev–Trinajstić information content (AvgIpc) is 1.84. The number of carbonyl (C=O) groups is 14. The molecule has 0 unspecified atom stereocenters. The van der Waals surface area contributed by atoms with Crippen molar-refractivity contribution in [3.8, 4) is 0 Å². The van der Waals surface area contributed by atoms with Crippen molar-refractivity contribution >= 4 is 137 Å². The first-order valence-corrected chi connectivity index (χ1v) is 36.8. The number of imidazole rings is 1. The highest BCUT2D eigenvalue weighted by atomic mass is 33.1. The minimum atomic E-state index is -1.70. The van der Waals surface area contributed by atoms with Crippen molar-refractivity contribution in [1.29, 1.82) is 0 Å². The van der Waals surface area contributed by atoms with E-state index < -0.39 is 174 Å². The first-order valence-electron chi connectivity index (χ1n) is 31.8. The van der Waals surface area contributed by atoms with Gasteiger partial charge >= 0.3 is 5.97 Å². The third-order valence-electron chi connectivity index (χ3n) is 16.2.